The Kier molecular flexibility index (Phi) is 5.91. The monoisotopic (exact) mass is 387 g/mol. The molecule has 2 aromatic carbocycles. The first-order valence-corrected chi connectivity index (χ1v) is 10.0. The zero-order chi connectivity index (χ0) is 20.3. The van der Waals surface area contributed by atoms with Gasteiger partial charge >= 0.3 is 7.04 Å². The van der Waals surface area contributed by atoms with Gasteiger partial charge in [-0.15, -0.1) is 0 Å². The molecule has 0 fully saturated rings. The molecule has 0 bridgehead atoms. The Morgan fingerprint density at radius 3 is 1.93 bits per heavy atom. The van der Waals surface area contributed by atoms with Crippen molar-refractivity contribution in [2.75, 3.05) is 36.0 Å². The van der Waals surface area contributed by atoms with Crippen LogP contribution in [0.4, 0.5) is 25.7 Å². The summed E-state index contributed by atoms with van der Waals surface area (Å²) in [5, 5.41) is 0. The minimum absolute atomic E-state index is 0.227. The lowest BCUT2D eigenvalue weighted by molar-refractivity contribution is -0.343. The lowest BCUT2D eigenvalue weighted by atomic mass is 9.98. The van der Waals surface area contributed by atoms with Gasteiger partial charge in [0.15, 0.2) is 5.69 Å². The molecular weight excluding hydrogens is 359 g/mol. The standard InChI is InChI=1S/C21H28BF2N3O/c1-5-25(6-2)18-11-13-19(14-12-18)27-16-17-9-10-20(26(7-3)8-4)15-21(17)28-22(27,23)24/h9-16H,5-8H2,1-4H3. The van der Waals surface area contributed by atoms with Crippen LogP contribution in [0.15, 0.2) is 42.5 Å². The molecule has 0 unspecified atom stereocenters. The van der Waals surface area contributed by atoms with Gasteiger partial charge in [0.2, 0.25) is 0 Å². The highest BCUT2D eigenvalue weighted by Crippen LogP contribution is 2.34. The number of benzene rings is 2. The second-order valence-corrected chi connectivity index (χ2v) is 6.80. The maximum atomic E-state index is 14.8. The highest BCUT2D eigenvalue weighted by atomic mass is 19.3. The molecular formula is C21H28BF2N3O. The van der Waals surface area contributed by atoms with Crippen LogP contribution < -0.4 is 14.5 Å². The van der Waals surface area contributed by atoms with E-state index in [1.807, 2.05) is 38.1 Å². The van der Waals surface area contributed by atoms with Gasteiger partial charge in [-0.05, 0) is 52.0 Å². The average molecular weight is 387 g/mol. The fourth-order valence-corrected chi connectivity index (χ4v) is 3.64. The molecule has 1 aliphatic heterocycles. The summed E-state index contributed by atoms with van der Waals surface area (Å²) in [5.74, 6) is 0.227. The van der Waals surface area contributed by atoms with Crippen LogP contribution in [0, 0.1) is 0 Å². The van der Waals surface area contributed by atoms with Gasteiger partial charge in [0.25, 0.3) is 0 Å². The predicted molar refractivity (Wildman–Crippen MR) is 114 cm³/mol. The molecule has 4 nitrogen and oxygen atoms in total. The molecule has 1 aliphatic rings. The zero-order valence-corrected chi connectivity index (χ0v) is 17.0. The van der Waals surface area contributed by atoms with E-state index in [1.165, 1.54) is 6.21 Å². The second kappa shape index (κ2) is 8.21. The fourth-order valence-electron chi connectivity index (χ4n) is 3.64. The van der Waals surface area contributed by atoms with Crippen molar-refractivity contribution >= 4 is 30.3 Å². The van der Waals surface area contributed by atoms with E-state index in [4.69, 9.17) is 4.65 Å². The topological polar surface area (TPSA) is 18.7 Å². The summed E-state index contributed by atoms with van der Waals surface area (Å²) in [7, 11) is -4.20. The molecule has 1 heterocycles. The Bertz CT molecular complexity index is 847. The number of fused-ring (bicyclic) bond motifs is 1. The molecule has 7 heteroatoms. The van der Waals surface area contributed by atoms with Gasteiger partial charge in [0, 0.05) is 55.8 Å². The van der Waals surface area contributed by atoms with Crippen LogP contribution in [-0.2, 0) is 0 Å². The summed E-state index contributed by atoms with van der Waals surface area (Å²) in [6.07, 6.45) is 1.48. The quantitative estimate of drug-likeness (QED) is 0.630. The average Bonchev–Trinajstić information content (AvgIpc) is 2.69. The van der Waals surface area contributed by atoms with Crippen LogP contribution in [0.25, 0.3) is 0 Å². The Balaban J connectivity index is 1.96. The third-order valence-corrected chi connectivity index (χ3v) is 5.27. The molecule has 0 atom stereocenters. The summed E-state index contributed by atoms with van der Waals surface area (Å²) in [4.78, 5) is 4.28. The van der Waals surface area contributed by atoms with Crippen molar-refractivity contribution in [1.82, 2.24) is 0 Å². The largest absolute Gasteiger partial charge is 0.834 e. The van der Waals surface area contributed by atoms with Crippen molar-refractivity contribution in [3.8, 4) is 5.75 Å². The summed E-state index contributed by atoms with van der Waals surface area (Å²) in [6.45, 7) is 11.6. The number of hydrogen-bond acceptors (Lipinski definition) is 3. The molecule has 150 valence electrons. The van der Waals surface area contributed by atoms with Crippen LogP contribution in [-0.4, -0.2) is 43.9 Å². The van der Waals surface area contributed by atoms with E-state index in [-0.39, 0.29) is 5.75 Å². The Hall–Kier alpha value is -2.57. The van der Waals surface area contributed by atoms with Crippen molar-refractivity contribution in [2.24, 2.45) is 0 Å². The summed E-state index contributed by atoms with van der Waals surface area (Å²) in [5.41, 5.74) is 2.98. The van der Waals surface area contributed by atoms with Gasteiger partial charge in [0.1, 0.15) is 6.21 Å². The first-order chi connectivity index (χ1) is 13.4. The normalized spacial score (nSPS) is 14.7. The van der Waals surface area contributed by atoms with Gasteiger partial charge in [-0.25, -0.2) is 0 Å². The van der Waals surface area contributed by atoms with E-state index in [9.17, 15) is 8.63 Å². The highest BCUT2D eigenvalue weighted by Gasteiger charge is 2.50. The van der Waals surface area contributed by atoms with Crippen LogP contribution in [0.3, 0.4) is 0 Å². The van der Waals surface area contributed by atoms with Crippen molar-refractivity contribution in [1.29, 1.82) is 0 Å². The molecule has 0 aliphatic carbocycles. The number of nitrogens with zero attached hydrogens (tertiary/aromatic N) is 3. The summed E-state index contributed by atoms with van der Waals surface area (Å²) < 4.78 is 35.8. The molecule has 0 aromatic heterocycles. The van der Waals surface area contributed by atoms with E-state index in [0.29, 0.717) is 11.3 Å². The highest BCUT2D eigenvalue weighted by molar-refractivity contribution is 6.53. The zero-order valence-electron chi connectivity index (χ0n) is 17.0. The third kappa shape index (κ3) is 3.84. The SMILES string of the molecule is CCN(CC)c1ccc([N+]2=Cc3ccc(N(CC)CC)cc3O[B-]2(F)F)cc1. The Morgan fingerprint density at radius 1 is 0.821 bits per heavy atom. The molecule has 0 amide bonds. The first kappa shape index (κ1) is 20.2. The van der Waals surface area contributed by atoms with E-state index in [0.717, 1.165) is 42.0 Å². The van der Waals surface area contributed by atoms with Crippen LogP contribution >= 0.6 is 0 Å². The lowest BCUT2D eigenvalue weighted by Crippen LogP contribution is -2.46. The predicted octanol–water partition coefficient (Wildman–Crippen LogP) is 4.91. The number of halogens is 2. The van der Waals surface area contributed by atoms with Gasteiger partial charge in [-0.2, -0.15) is 0 Å². The minimum Gasteiger partial charge on any atom is -0.599 e. The smallest absolute Gasteiger partial charge is 0.599 e. The molecule has 3 rings (SSSR count). The molecule has 28 heavy (non-hydrogen) atoms. The van der Waals surface area contributed by atoms with Crippen LogP contribution in [0.5, 0.6) is 5.75 Å². The number of hydrogen-bond donors (Lipinski definition) is 0. The lowest BCUT2D eigenvalue weighted by Gasteiger charge is -2.30. The van der Waals surface area contributed by atoms with Crippen LogP contribution in [0.2, 0.25) is 0 Å². The van der Waals surface area contributed by atoms with Crippen molar-refractivity contribution in [2.45, 2.75) is 27.7 Å². The molecule has 0 N–H and O–H groups in total. The number of anilines is 2. The van der Waals surface area contributed by atoms with E-state index in [2.05, 4.69) is 23.6 Å². The fraction of sp³-hybridized carbons (Fsp3) is 0.381. The minimum atomic E-state index is -4.20. The van der Waals surface area contributed by atoms with Gasteiger partial charge in [-0.3, -0.25) is 0 Å². The Morgan fingerprint density at radius 2 is 1.36 bits per heavy atom. The van der Waals surface area contributed by atoms with Crippen molar-refractivity contribution in [3.63, 3.8) is 0 Å². The van der Waals surface area contributed by atoms with Crippen molar-refractivity contribution < 1.29 is 17.8 Å². The molecule has 2 aromatic rings. The van der Waals surface area contributed by atoms with Gasteiger partial charge in [0.05, 0.1) is 11.3 Å². The molecule has 0 saturated heterocycles. The maximum Gasteiger partial charge on any atom is 0.834 e. The first-order valence-electron chi connectivity index (χ1n) is 10.0. The summed E-state index contributed by atoms with van der Waals surface area (Å²) >= 11 is 0. The third-order valence-electron chi connectivity index (χ3n) is 5.27. The molecule has 0 saturated carbocycles. The van der Waals surface area contributed by atoms with E-state index in [1.54, 1.807) is 18.2 Å². The van der Waals surface area contributed by atoms with Crippen molar-refractivity contribution in [3.05, 3.63) is 48.0 Å². The second-order valence-electron chi connectivity index (χ2n) is 6.80. The van der Waals surface area contributed by atoms with E-state index >= 15 is 0 Å². The summed E-state index contributed by atoms with van der Waals surface area (Å²) in [6, 6.07) is 12.7. The van der Waals surface area contributed by atoms with Gasteiger partial charge in [-0.1, -0.05) is 0 Å². The molecule has 0 radical (unpaired) electrons. The number of rotatable bonds is 7. The Labute approximate surface area is 166 Å². The maximum absolute atomic E-state index is 14.8. The molecule has 0 spiro atoms. The van der Waals surface area contributed by atoms with Gasteiger partial charge < -0.3 is 27.6 Å². The van der Waals surface area contributed by atoms with Crippen LogP contribution in [0.1, 0.15) is 33.3 Å². The van der Waals surface area contributed by atoms with E-state index < -0.39 is 7.04 Å².